The van der Waals surface area contributed by atoms with E-state index in [4.69, 9.17) is 35.4 Å². The summed E-state index contributed by atoms with van der Waals surface area (Å²) in [6.45, 7) is 0. The fraction of sp³-hybridized carbons (Fsp3) is 0.667. The Morgan fingerprint density at radius 2 is 1.67 bits per heavy atom. The number of halogens is 2. The minimum atomic E-state index is -0.374. The van der Waals surface area contributed by atoms with Crippen molar-refractivity contribution in [3.63, 3.8) is 0 Å². The Bertz CT molecular complexity index is 118. The predicted octanol–water partition coefficient (Wildman–Crippen LogP) is 0.0985. The molecule has 3 nitrogen and oxygen atoms in total. The Labute approximate surface area is 68.1 Å². The maximum Gasteiger partial charge on any atom is 0.170 e. The van der Waals surface area contributed by atoms with E-state index in [1.165, 1.54) is 0 Å². The van der Waals surface area contributed by atoms with Gasteiger partial charge in [-0.05, 0) is 12.2 Å². The molecular weight excluding hydrogens is 181 g/mol. The molecule has 0 amide bonds. The molecule has 6 heteroatoms. The molecule has 0 radical (unpaired) electrons. The van der Waals surface area contributed by atoms with Crippen LogP contribution in [0.4, 0.5) is 0 Å². The average molecular weight is 186 g/mol. The van der Waals surface area contributed by atoms with Crippen LogP contribution in [0.3, 0.4) is 0 Å². The predicted molar refractivity (Wildman–Crippen MR) is 41.3 cm³/mol. The zero-order chi connectivity index (χ0) is 6.85. The van der Waals surface area contributed by atoms with Crippen LogP contribution in [0.5, 0.6) is 0 Å². The van der Waals surface area contributed by atoms with Gasteiger partial charge in [-0.25, -0.2) is 0 Å². The molecule has 52 valence electrons. The van der Waals surface area contributed by atoms with Gasteiger partial charge in [0.25, 0.3) is 0 Å². The smallest absolute Gasteiger partial charge is 0.170 e. The molecule has 0 spiro atoms. The van der Waals surface area contributed by atoms with Crippen LogP contribution in [0.25, 0.3) is 0 Å². The van der Waals surface area contributed by atoms with Gasteiger partial charge in [0.15, 0.2) is 16.4 Å². The Morgan fingerprint density at radius 3 is 2.00 bits per heavy atom. The highest BCUT2D eigenvalue weighted by atomic mass is 35.5. The summed E-state index contributed by atoms with van der Waals surface area (Å²) in [4.78, 5) is 0. The van der Waals surface area contributed by atoms with E-state index in [1.807, 2.05) is 0 Å². The zero-order valence-electron chi connectivity index (χ0n) is 4.32. The normalized spacial score (nSPS) is 35.1. The molecule has 1 aliphatic heterocycles. The van der Waals surface area contributed by atoms with Crippen molar-refractivity contribution in [1.29, 1.82) is 0 Å². The molecule has 0 aromatic heterocycles. The average Bonchev–Trinajstić information content (AvgIpc) is 1.59. The number of nitrogens with one attached hydrogen (secondary N) is 3. The van der Waals surface area contributed by atoms with Gasteiger partial charge in [-0.1, -0.05) is 23.2 Å². The first-order chi connectivity index (χ1) is 4.18. The second-order valence-corrected chi connectivity index (χ2v) is 2.79. The first kappa shape index (κ1) is 7.34. The van der Waals surface area contributed by atoms with Crippen LogP contribution >= 0.6 is 35.4 Å². The van der Waals surface area contributed by atoms with Crippen LogP contribution in [-0.2, 0) is 0 Å². The quantitative estimate of drug-likeness (QED) is 0.285. The van der Waals surface area contributed by atoms with Gasteiger partial charge in [0.2, 0.25) is 0 Å². The molecule has 2 unspecified atom stereocenters. The number of alkyl halides is 2. The second kappa shape index (κ2) is 2.88. The fourth-order valence-electron chi connectivity index (χ4n) is 0.484. The molecule has 9 heavy (non-hydrogen) atoms. The molecule has 1 heterocycles. The molecule has 0 aromatic rings. The highest BCUT2D eigenvalue weighted by Gasteiger charge is 2.17. The third-order valence-corrected chi connectivity index (χ3v) is 1.51. The van der Waals surface area contributed by atoms with E-state index in [0.717, 1.165) is 0 Å². The van der Waals surface area contributed by atoms with Crippen LogP contribution in [0.15, 0.2) is 0 Å². The Morgan fingerprint density at radius 1 is 1.22 bits per heavy atom. The molecule has 1 fully saturated rings. The lowest BCUT2D eigenvalue weighted by Gasteiger charge is -2.26. The first-order valence-electron chi connectivity index (χ1n) is 2.30. The van der Waals surface area contributed by atoms with Crippen molar-refractivity contribution in [3.8, 4) is 0 Å². The largest absolute Gasteiger partial charge is 0.334 e. The highest BCUT2D eigenvalue weighted by Crippen LogP contribution is 1.97. The van der Waals surface area contributed by atoms with E-state index in [9.17, 15) is 0 Å². The van der Waals surface area contributed by atoms with Gasteiger partial charge in [0.1, 0.15) is 0 Å². The molecule has 1 rings (SSSR count). The summed E-state index contributed by atoms with van der Waals surface area (Å²) >= 11 is 15.9. The van der Waals surface area contributed by atoms with Gasteiger partial charge in [-0.2, -0.15) is 0 Å². The van der Waals surface area contributed by atoms with Crippen LogP contribution < -0.4 is 16.0 Å². The van der Waals surface area contributed by atoms with E-state index in [2.05, 4.69) is 16.0 Å². The lowest BCUT2D eigenvalue weighted by Crippen LogP contribution is -2.60. The van der Waals surface area contributed by atoms with Crippen LogP contribution in [-0.4, -0.2) is 16.4 Å². The summed E-state index contributed by atoms with van der Waals surface area (Å²) in [5.74, 6) is 0. The molecule has 0 bridgehead atoms. The summed E-state index contributed by atoms with van der Waals surface area (Å²) in [6, 6.07) is 0. The van der Waals surface area contributed by atoms with Crippen LogP contribution in [0.1, 0.15) is 0 Å². The monoisotopic (exact) mass is 185 g/mol. The molecule has 1 saturated heterocycles. The minimum Gasteiger partial charge on any atom is -0.334 e. The van der Waals surface area contributed by atoms with Crippen molar-refractivity contribution in [2.75, 3.05) is 0 Å². The lowest BCUT2D eigenvalue weighted by molar-refractivity contribution is 0.513. The van der Waals surface area contributed by atoms with Gasteiger partial charge < -0.3 is 10.6 Å². The van der Waals surface area contributed by atoms with Crippen LogP contribution in [0.2, 0.25) is 0 Å². The standard InChI is InChI=1S/C3H5Cl2N3S/c4-1-6-2(5)8-3(9)7-1/h1-2,6H,(H2,7,8,9). The third-order valence-electron chi connectivity index (χ3n) is 0.808. The topological polar surface area (TPSA) is 36.1 Å². The second-order valence-electron chi connectivity index (χ2n) is 1.51. The number of hydrogen-bond donors (Lipinski definition) is 3. The number of thiocarbonyl (C=S) groups is 1. The molecule has 3 N–H and O–H groups in total. The molecular formula is C3H5Cl2N3S. The highest BCUT2D eigenvalue weighted by molar-refractivity contribution is 7.80. The summed E-state index contributed by atoms with van der Waals surface area (Å²) in [5, 5.41) is 8.60. The van der Waals surface area contributed by atoms with Crippen molar-refractivity contribution in [3.05, 3.63) is 0 Å². The zero-order valence-corrected chi connectivity index (χ0v) is 6.65. The van der Waals surface area contributed by atoms with Gasteiger partial charge >= 0.3 is 0 Å². The summed E-state index contributed by atoms with van der Waals surface area (Å²) < 4.78 is 0. The summed E-state index contributed by atoms with van der Waals surface area (Å²) in [7, 11) is 0. The van der Waals surface area contributed by atoms with E-state index >= 15 is 0 Å². The van der Waals surface area contributed by atoms with Crippen molar-refractivity contribution in [2.45, 2.75) is 11.2 Å². The minimum absolute atomic E-state index is 0.374. The van der Waals surface area contributed by atoms with E-state index in [0.29, 0.717) is 5.11 Å². The van der Waals surface area contributed by atoms with E-state index < -0.39 is 0 Å². The van der Waals surface area contributed by atoms with E-state index in [1.54, 1.807) is 0 Å². The third kappa shape index (κ3) is 2.14. The Balaban J connectivity index is 2.43. The van der Waals surface area contributed by atoms with Crippen molar-refractivity contribution in [2.24, 2.45) is 0 Å². The summed E-state index contributed by atoms with van der Waals surface area (Å²) in [5.41, 5.74) is -0.748. The van der Waals surface area contributed by atoms with E-state index in [-0.39, 0.29) is 11.2 Å². The fourth-order valence-corrected chi connectivity index (χ4v) is 1.38. The Hall–Kier alpha value is 0.230. The maximum atomic E-state index is 5.57. The molecule has 0 aliphatic carbocycles. The SMILES string of the molecule is S=C1NC(Cl)NC(Cl)N1. The van der Waals surface area contributed by atoms with Gasteiger partial charge in [0, 0.05) is 0 Å². The lowest BCUT2D eigenvalue weighted by atomic mass is 10.7. The first-order valence-corrected chi connectivity index (χ1v) is 3.58. The van der Waals surface area contributed by atoms with Crippen LogP contribution in [0, 0.1) is 0 Å². The van der Waals surface area contributed by atoms with Crippen molar-refractivity contribution < 1.29 is 0 Å². The van der Waals surface area contributed by atoms with Gasteiger partial charge in [-0.3, -0.25) is 5.32 Å². The molecule has 1 aliphatic rings. The van der Waals surface area contributed by atoms with Gasteiger partial charge in [-0.15, -0.1) is 0 Å². The maximum absolute atomic E-state index is 5.57. The van der Waals surface area contributed by atoms with Gasteiger partial charge in [0.05, 0.1) is 0 Å². The van der Waals surface area contributed by atoms with Crippen molar-refractivity contribution >= 4 is 40.5 Å². The molecule has 2 atom stereocenters. The number of rotatable bonds is 0. The molecule has 0 saturated carbocycles. The van der Waals surface area contributed by atoms with Crippen molar-refractivity contribution in [1.82, 2.24) is 16.0 Å². The Kier molecular flexibility index (Phi) is 2.35. The summed E-state index contributed by atoms with van der Waals surface area (Å²) in [6.07, 6.45) is 0. The molecule has 0 aromatic carbocycles. The number of hydrogen-bond acceptors (Lipinski definition) is 2.